The van der Waals surface area contributed by atoms with Crippen molar-refractivity contribution in [1.29, 1.82) is 0 Å². The predicted molar refractivity (Wildman–Crippen MR) is 129 cm³/mol. The van der Waals surface area contributed by atoms with Crippen molar-refractivity contribution < 1.29 is 14.3 Å². The van der Waals surface area contributed by atoms with Crippen LogP contribution < -0.4 is 14.8 Å². The summed E-state index contributed by atoms with van der Waals surface area (Å²) in [5.41, 5.74) is 2.20. The molecule has 1 N–H and O–H groups in total. The largest absolute Gasteiger partial charge is 0.497 e. The number of nitrogens with zero attached hydrogens (tertiary/aromatic N) is 3. The lowest BCUT2D eigenvalue weighted by atomic mass is 10.1. The summed E-state index contributed by atoms with van der Waals surface area (Å²) in [5.74, 6) is 2.02. The van der Waals surface area contributed by atoms with Crippen LogP contribution in [0.5, 0.6) is 11.5 Å². The zero-order valence-electron chi connectivity index (χ0n) is 19.0. The molecule has 1 amide bonds. The van der Waals surface area contributed by atoms with Gasteiger partial charge in [-0.2, -0.15) is 0 Å². The minimum absolute atomic E-state index is 0.114. The van der Waals surface area contributed by atoms with E-state index in [1.54, 1.807) is 18.7 Å². The molecule has 0 saturated carbocycles. The second-order valence-corrected chi connectivity index (χ2v) is 8.66. The van der Waals surface area contributed by atoms with Gasteiger partial charge in [0.05, 0.1) is 13.2 Å². The Kier molecular flexibility index (Phi) is 6.74. The Balaban J connectivity index is 1.55. The third kappa shape index (κ3) is 5.23. The van der Waals surface area contributed by atoms with E-state index >= 15 is 0 Å². The fourth-order valence-corrected chi connectivity index (χ4v) is 4.22. The molecular weight excluding hydrogens is 436 g/mol. The Morgan fingerprint density at radius 1 is 1.06 bits per heavy atom. The standard InChI is InChI=1S/C25H26N4O3S/c1-16(2)32-20-11-7-18(8-12-20)25-27-21(15-33-25)24(30)28-22(23-26-13-14-29(23)3)17-5-9-19(31-4)10-6-17/h5-16,22H,1-4H3,(H,28,30). The van der Waals surface area contributed by atoms with Crippen molar-refractivity contribution in [3.05, 3.63) is 83.4 Å². The van der Waals surface area contributed by atoms with Crippen LogP contribution in [0.25, 0.3) is 10.6 Å². The topological polar surface area (TPSA) is 78.3 Å². The van der Waals surface area contributed by atoms with Crippen LogP contribution in [-0.4, -0.2) is 33.7 Å². The Morgan fingerprint density at radius 3 is 2.36 bits per heavy atom. The molecule has 33 heavy (non-hydrogen) atoms. The number of aromatic nitrogens is 3. The number of methoxy groups -OCH3 is 1. The zero-order chi connectivity index (χ0) is 23.4. The van der Waals surface area contributed by atoms with Gasteiger partial charge in [0.15, 0.2) is 0 Å². The van der Waals surface area contributed by atoms with Crippen LogP contribution in [0.2, 0.25) is 0 Å². The monoisotopic (exact) mass is 462 g/mol. The van der Waals surface area contributed by atoms with Crippen molar-refractivity contribution in [1.82, 2.24) is 19.9 Å². The molecule has 0 aliphatic rings. The Morgan fingerprint density at radius 2 is 1.76 bits per heavy atom. The average Bonchev–Trinajstić information content (AvgIpc) is 3.47. The molecule has 1 unspecified atom stereocenters. The lowest BCUT2D eigenvalue weighted by molar-refractivity contribution is 0.0937. The van der Waals surface area contributed by atoms with E-state index in [1.165, 1.54) is 11.3 Å². The van der Waals surface area contributed by atoms with Gasteiger partial charge in [-0.3, -0.25) is 4.79 Å². The fraction of sp³-hybridized carbons (Fsp3) is 0.240. The van der Waals surface area contributed by atoms with Crippen LogP contribution in [0, 0.1) is 0 Å². The second kappa shape index (κ2) is 9.87. The van der Waals surface area contributed by atoms with Crippen molar-refractivity contribution in [2.45, 2.75) is 26.0 Å². The Hall–Kier alpha value is -3.65. The first-order valence-electron chi connectivity index (χ1n) is 10.6. The van der Waals surface area contributed by atoms with Crippen molar-refractivity contribution >= 4 is 17.2 Å². The summed E-state index contributed by atoms with van der Waals surface area (Å²) in [6, 6.07) is 14.9. The number of benzene rings is 2. The highest BCUT2D eigenvalue weighted by Gasteiger charge is 2.23. The van der Waals surface area contributed by atoms with Crippen molar-refractivity contribution in [3.63, 3.8) is 0 Å². The fourth-order valence-electron chi connectivity index (χ4n) is 3.41. The number of amides is 1. The van der Waals surface area contributed by atoms with E-state index in [9.17, 15) is 4.79 Å². The molecule has 8 heteroatoms. The van der Waals surface area contributed by atoms with Crippen molar-refractivity contribution in [2.24, 2.45) is 7.05 Å². The number of carbonyl (C=O) groups excluding carboxylic acids is 1. The lowest BCUT2D eigenvalue weighted by Gasteiger charge is -2.19. The summed E-state index contributed by atoms with van der Waals surface area (Å²) in [5, 5.41) is 5.63. The number of imidazole rings is 1. The number of rotatable bonds is 8. The lowest BCUT2D eigenvalue weighted by Crippen LogP contribution is -2.31. The summed E-state index contributed by atoms with van der Waals surface area (Å²) in [4.78, 5) is 22.1. The molecule has 0 radical (unpaired) electrons. The molecule has 170 valence electrons. The summed E-state index contributed by atoms with van der Waals surface area (Å²) in [6.45, 7) is 3.98. The summed E-state index contributed by atoms with van der Waals surface area (Å²) in [6.07, 6.45) is 3.68. The molecule has 0 spiro atoms. The molecule has 1 atom stereocenters. The van der Waals surface area contributed by atoms with Gasteiger partial charge in [-0.05, 0) is 55.8 Å². The van der Waals surface area contributed by atoms with E-state index in [4.69, 9.17) is 9.47 Å². The molecule has 0 fully saturated rings. The van der Waals surface area contributed by atoms with Gasteiger partial charge in [0, 0.05) is 30.4 Å². The van der Waals surface area contributed by atoms with Crippen LogP contribution >= 0.6 is 11.3 Å². The highest BCUT2D eigenvalue weighted by atomic mass is 32.1. The van der Waals surface area contributed by atoms with E-state index in [-0.39, 0.29) is 12.0 Å². The number of hydrogen-bond acceptors (Lipinski definition) is 6. The number of aryl methyl sites for hydroxylation is 1. The van der Waals surface area contributed by atoms with Gasteiger partial charge in [-0.1, -0.05) is 12.1 Å². The quantitative estimate of drug-likeness (QED) is 0.405. The van der Waals surface area contributed by atoms with Crippen LogP contribution in [0.15, 0.2) is 66.3 Å². The third-order valence-electron chi connectivity index (χ3n) is 5.05. The Labute approximate surface area is 197 Å². The first kappa shape index (κ1) is 22.5. The molecule has 0 aliphatic carbocycles. The minimum atomic E-state index is -0.430. The van der Waals surface area contributed by atoms with Crippen LogP contribution in [0.3, 0.4) is 0 Å². The van der Waals surface area contributed by atoms with E-state index in [1.807, 2.05) is 80.2 Å². The first-order chi connectivity index (χ1) is 15.9. The summed E-state index contributed by atoms with van der Waals surface area (Å²) < 4.78 is 12.8. The van der Waals surface area contributed by atoms with Gasteiger partial charge < -0.3 is 19.4 Å². The minimum Gasteiger partial charge on any atom is -0.497 e. The number of thiazole rings is 1. The molecule has 0 saturated heterocycles. The van der Waals surface area contributed by atoms with Gasteiger partial charge in [0.2, 0.25) is 0 Å². The highest BCUT2D eigenvalue weighted by molar-refractivity contribution is 7.13. The normalized spacial score (nSPS) is 11.9. The maximum absolute atomic E-state index is 13.1. The van der Waals surface area contributed by atoms with Crippen molar-refractivity contribution in [3.8, 4) is 22.1 Å². The molecule has 2 aromatic heterocycles. The highest BCUT2D eigenvalue weighted by Crippen LogP contribution is 2.27. The smallest absolute Gasteiger partial charge is 0.271 e. The molecule has 4 rings (SSSR count). The van der Waals surface area contributed by atoms with E-state index < -0.39 is 6.04 Å². The van der Waals surface area contributed by atoms with Gasteiger partial charge in [0.1, 0.15) is 34.1 Å². The van der Waals surface area contributed by atoms with Gasteiger partial charge in [-0.15, -0.1) is 11.3 Å². The molecular formula is C25H26N4O3S. The Bertz CT molecular complexity index is 1210. The molecule has 4 aromatic rings. The average molecular weight is 463 g/mol. The second-order valence-electron chi connectivity index (χ2n) is 7.80. The zero-order valence-corrected chi connectivity index (χ0v) is 19.8. The van der Waals surface area contributed by atoms with Gasteiger partial charge in [-0.25, -0.2) is 9.97 Å². The number of carbonyl (C=O) groups is 1. The first-order valence-corrected chi connectivity index (χ1v) is 11.5. The number of hydrogen-bond donors (Lipinski definition) is 1. The molecule has 7 nitrogen and oxygen atoms in total. The summed E-state index contributed by atoms with van der Waals surface area (Å²) in [7, 11) is 3.52. The molecule has 2 aromatic carbocycles. The summed E-state index contributed by atoms with van der Waals surface area (Å²) >= 11 is 1.43. The molecule has 0 aliphatic heterocycles. The molecule has 0 bridgehead atoms. The number of nitrogens with one attached hydrogen (secondary N) is 1. The van der Waals surface area contributed by atoms with Crippen LogP contribution in [-0.2, 0) is 7.05 Å². The van der Waals surface area contributed by atoms with Gasteiger partial charge in [0.25, 0.3) is 5.91 Å². The van der Waals surface area contributed by atoms with Crippen LogP contribution in [0.4, 0.5) is 0 Å². The SMILES string of the molecule is COc1ccc(C(NC(=O)c2csc(-c3ccc(OC(C)C)cc3)n2)c2nccn2C)cc1. The molecule has 2 heterocycles. The van der Waals surface area contributed by atoms with Crippen LogP contribution in [0.1, 0.15) is 41.8 Å². The maximum atomic E-state index is 13.1. The van der Waals surface area contributed by atoms with Gasteiger partial charge >= 0.3 is 0 Å². The van der Waals surface area contributed by atoms with E-state index in [0.29, 0.717) is 5.69 Å². The third-order valence-corrected chi connectivity index (χ3v) is 5.94. The van der Waals surface area contributed by atoms with E-state index in [2.05, 4.69) is 15.3 Å². The maximum Gasteiger partial charge on any atom is 0.271 e. The van der Waals surface area contributed by atoms with Crippen molar-refractivity contribution in [2.75, 3.05) is 7.11 Å². The predicted octanol–water partition coefficient (Wildman–Crippen LogP) is 4.86. The van der Waals surface area contributed by atoms with E-state index in [0.717, 1.165) is 33.5 Å². The number of ether oxygens (including phenoxy) is 2.